The second-order valence-electron chi connectivity index (χ2n) is 5.33. The van der Waals surface area contributed by atoms with Crippen molar-refractivity contribution in [3.63, 3.8) is 0 Å². The van der Waals surface area contributed by atoms with Crippen LogP contribution in [0, 0.1) is 30.1 Å². The van der Waals surface area contributed by atoms with E-state index in [9.17, 15) is 19.2 Å². The molecule has 0 aromatic heterocycles. The average molecular weight is 364 g/mol. The standard InChI is InChI=1S/C16H16N2O6S/c1-3-7-16(8-4-2)13(23)17(9-5-11(19)20)15(25)18(14(16)24)10-6-12(21)22/h1-2H,5-10H2,(H,19,20)(H,21,22). The number of hydrogen-bond acceptors (Lipinski definition) is 5. The van der Waals surface area contributed by atoms with Gasteiger partial charge in [-0.3, -0.25) is 29.0 Å². The van der Waals surface area contributed by atoms with E-state index in [-0.39, 0.29) is 31.0 Å². The number of amides is 2. The largest absolute Gasteiger partial charge is 0.481 e. The van der Waals surface area contributed by atoms with Gasteiger partial charge in [0.25, 0.3) is 0 Å². The van der Waals surface area contributed by atoms with Gasteiger partial charge in [0.15, 0.2) is 10.5 Å². The Bertz CT molecular complexity index is 644. The summed E-state index contributed by atoms with van der Waals surface area (Å²) >= 11 is 5.10. The first-order valence-electron chi connectivity index (χ1n) is 7.19. The highest BCUT2D eigenvalue weighted by Crippen LogP contribution is 2.36. The lowest BCUT2D eigenvalue weighted by molar-refractivity contribution is -0.156. The molecular weight excluding hydrogens is 348 g/mol. The maximum absolute atomic E-state index is 12.8. The number of carboxylic acids is 2. The molecule has 8 nitrogen and oxygen atoms in total. The molecule has 9 heteroatoms. The van der Waals surface area contributed by atoms with Crippen molar-refractivity contribution in [1.29, 1.82) is 0 Å². The van der Waals surface area contributed by atoms with Crippen molar-refractivity contribution in [2.24, 2.45) is 5.41 Å². The van der Waals surface area contributed by atoms with Gasteiger partial charge >= 0.3 is 11.9 Å². The summed E-state index contributed by atoms with van der Waals surface area (Å²) in [7, 11) is 0. The molecule has 0 bridgehead atoms. The highest BCUT2D eigenvalue weighted by molar-refractivity contribution is 7.80. The van der Waals surface area contributed by atoms with E-state index in [2.05, 4.69) is 11.8 Å². The summed E-state index contributed by atoms with van der Waals surface area (Å²) in [6, 6.07) is 0. The van der Waals surface area contributed by atoms with Gasteiger partial charge in [0.1, 0.15) is 0 Å². The first-order valence-corrected chi connectivity index (χ1v) is 7.60. The van der Waals surface area contributed by atoms with Crippen LogP contribution in [0.2, 0.25) is 0 Å². The maximum Gasteiger partial charge on any atom is 0.305 e. The lowest BCUT2D eigenvalue weighted by Gasteiger charge is -2.44. The smallest absolute Gasteiger partial charge is 0.305 e. The molecule has 0 aliphatic carbocycles. The molecule has 132 valence electrons. The normalized spacial score (nSPS) is 16.3. The zero-order valence-corrected chi connectivity index (χ0v) is 14.0. The Hall–Kier alpha value is -2.91. The number of carboxylic acid groups (broad SMARTS) is 2. The summed E-state index contributed by atoms with van der Waals surface area (Å²) in [5.41, 5.74) is -1.77. The molecular formula is C16H16N2O6S. The number of carbonyl (C=O) groups is 4. The summed E-state index contributed by atoms with van der Waals surface area (Å²) in [6.45, 7) is -0.554. The Morgan fingerprint density at radius 1 is 0.960 bits per heavy atom. The number of aliphatic carboxylic acids is 2. The molecule has 0 unspecified atom stereocenters. The molecule has 0 radical (unpaired) electrons. The van der Waals surface area contributed by atoms with Crippen molar-refractivity contribution in [2.45, 2.75) is 25.7 Å². The number of terminal acetylenes is 2. The number of carbonyl (C=O) groups excluding carboxylic acids is 2. The average Bonchev–Trinajstić information content (AvgIpc) is 2.52. The van der Waals surface area contributed by atoms with Crippen LogP contribution in [0.3, 0.4) is 0 Å². The fourth-order valence-electron chi connectivity index (χ4n) is 2.45. The van der Waals surface area contributed by atoms with Gasteiger partial charge < -0.3 is 10.2 Å². The minimum absolute atomic E-state index is 0.248. The Kier molecular flexibility index (Phi) is 6.66. The van der Waals surface area contributed by atoms with Crippen LogP contribution in [-0.2, 0) is 19.2 Å². The van der Waals surface area contributed by atoms with E-state index in [0.717, 1.165) is 9.80 Å². The van der Waals surface area contributed by atoms with Crippen LogP contribution in [0.4, 0.5) is 0 Å². The predicted molar refractivity (Wildman–Crippen MR) is 89.9 cm³/mol. The Labute approximate surface area is 149 Å². The lowest BCUT2D eigenvalue weighted by atomic mass is 9.77. The van der Waals surface area contributed by atoms with Crippen molar-refractivity contribution in [3.05, 3.63) is 0 Å². The van der Waals surface area contributed by atoms with Gasteiger partial charge in [0.05, 0.1) is 12.8 Å². The summed E-state index contributed by atoms with van der Waals surface area (Å²) in [5.74, 6) is 0.644. The number of rotatable bonds is 8. The summed E-state index contributed by atoms with van der Waals surface area (Å²) in [4.78, 5) is 49.2. The topological polar surface area (TPSA) is 115 Å². The van der Waals surface area contributed by atoms with Gasteiger partial charge in [-0.25, -0.2) is 0 Å². The molecule has 1 saturated heterocycles. The molecule has 0 aromatic rings. The SMILES string of the molecule is C#CCC1(CC#C)C(=O)N(CCC(=O)O)C(=S)N(CCC(=O)O)C1=O. The molecule has 25 heavy (non-hydrogen) atoms. The Balaban J connectivity index is 3.33. The molecule has 0 aromatic carbocycles. The van der Waals surface area contributed by atoms with Crippen LogP contribution in [0.1, 0.15) is 25.7 Å². The minimum Gasteiger partial charge on any atom is -0.481 e. The molecule has 1 aliphatic heterocycles. The van der Waals surface area contributed by atoms with Crippen molar-refractivity contribution < 1.29 is 29.4 Å². The fourth-order valence-corrected chi connectivity index (χ4v) is 2.80. The summed E-state index contributed by atoms with van der Waals surface area (Å²) in [6.07, 6.45) is 9.16. The van der Waals surface area contributed by atoms with Crippen LogP contribution in [0.15, 0.2) is 0 Å². The van der Waals surface area contributed by atoms with E-state index >= 15 is 0 Å². The quantitative estimate of drug-likeness (QED) is 0.352. The fraction of sp³-hybridized carbons (Fsp3) is 0.438. The third kappa shape index (κ3) is 4.14. The van der Waals surface area contributed by atoms with E-state index in [1.54, 1.807) is 0 Å². The van der Waals surface area contributed by atoms with E-state index < -0.39 is 42.0 Å². The van der Waals surface area contributed by atoms with E-state index in [1.165, 1.54) is 0 Å². The third-order valence-electron chi connectivity index (χ3n) is 3.68. The van der Waals surface area contributed by atoms with E-state index in [0.29, 0.717) is 0 Å². The van der Waals surface area contributed by atoms with Gasteiger partial charge in [0, 0.05) is 25.9 Å². The van der Waals surface area contributed by atoms with Gasteiger partial charge in [-0.2, -0.15) is 0 Å². The van der Waals surface area contributed by atoms with Crippen molar-refractivity contribution in [3.8, 4) is 24.7 Å². The molecule has 1 aliphatic rings. The number of hydrogen-bond donors (Lipinski definition) is 2. The van der Waals surface area contributed by atoms with Gasteiger partial charge in [0.2, 0.25) is 11.8 Å². The lowest BCUT2D eigenvalue weighted by Crippen LogP contribution is -2.65. The van der Waals surface area contributed by atoms with Crippen molar-refractivity contribution >= 4 is 41.1 Å². The third-order valence-corrected chi connectivity index (χ3v) is 4.12. The summed E-state index contributed by atoms with van der Waals surface area (Å²) < 4.78 is 0. The molecule has 0 saturated carbocycles. The zero-order chi connectivity index (χ0) is 19.2. The zero-order valence-electron chi connectivity index (χ0n) is 13.2. The second kappa shape index (κ2) is 8.27. The van der Waals surface area contributed by atoms with E-state index in [4.69, 9.17) is 35.3 Å². The molecule has 0 spiro atoms. The molecule has 2 amide bonds. The van der Waals surface area contributed by atoms with Crippen LogP contribution in [0.5, 0.6) is 0 Å². The van der Waals surface area contributed by atoms with Gasteiger partial charge in [-0.05, 0) is 12.2 Å². The van der Waals surface area contributed by atoms with Crippen LogP contribution in [-0.4, -0.2) is 62.0 Å². The molecule has 1 fully saturated rings. The van der Waals surface area contributed by atoms with Gasteiger partial charge in [-0.15, -0.1) is 24.7 Å². The van der Waals surface area contributed by atoms with Crippen LogP contribution < -0.4 is 0 Å². The number of nitrogens with zero attached hydrogens (tertiary/aromatic N) is 2. The predicted octanol–water partition coefficient (Wildman–Crippen LogP) is -0.0755. The monoisotopic (exact) mass is 364 g/mol. The first kappa shape index (κ1) is 20.1. The Morgan fingerprint density at radius 3 is 1.60 bits per heavy atom. The van der Waals surface area contributed by atoms with Crippen molar-refractivity contribution in [1.82, 2.24) is 9.80 Å². The molecule has 0 atom stereocenters. The number of thiocarbonyl (C=S) groups is 1. The Morgan fingerprint density at radius 2 is 1.32 bits per heavy atom. The molecule has 1 heterocycles. The maximum atomic E-state index is 12.8. The van der Waals surface area contributed by atoms with Gasteiger partial charge in [-0.1, -0.05) is 0 Å². The second-order valence-corrected chi connectivity index (χ2v) is 5.69. The van der Waals surface area contributed by atoms with Crippen molar-refractivity contribution in [2.75, 3.05) is 13.1 Å². The minimum atomic E-state index is -1.77. The summed E-state index contributed by atoms with van der Waals surface area (Å²) in [5, 5.41) is 17.4. The van der Waals surface area contributed by atoms with Crippen LogP contribution in [0.25, 0.3) is 0 Å². The van der Waals surface area contributed by atoms with Crippen LogP contribution >= 0.6 is 12.2 Å². The molecule has 2 N–H and O–H groups in total. The first-order chi connectivity index (χ1) is 11.7. The highest BCUT2D eigenvalue weighted by atomic mass is 32.1. The molecule has 1 rings (SSSR count). The van der Waals surface area contributed by atoms with E-state index in [1.807, 2.05) is 0 Å². The highest BCUT2D eigenvalue weighted by Gasteiger charge is 2.55.